The van der Waals surface area contributed by atoms with Gasteiger partial charge < -0.3 is 4.74 Å². The molecule has 1 nitrogen and oxygen atoms in total. The maximum Gasteiger partial charge on any atom is 0.0915 e. The van der Waals surface area contributed by atoms with Crippen molar-refractivity contribution in [3.63, 3.8) is 0 Å². The fourth-order valence-corrected chi connectivity index (χ4v) is 6.46. The minimum absolute atomic E-state index is 0.0872. The summed E-state index contributed by atoms with van der Waals surface area (Å²) in [5, 5.41) is 1.79. The Labute approximate surface area is 99.0 Å². The van der Waals surface area contributed by atoms with E-state index in [2.05, 4.69) is 37.3 Å². The third kappa shape index (κ3) is 1.71. The van der Waals surface area contributed by atoms with Gasteiger partial charge in [0.15, 0.2) is 0 Å². The number of hydrogen-bond acceptors (Lipinski definition) is 1. The molecule has 0 N–H and O–H groups in total. The minimum Gasteiger partial charge on any atom is -0.367 e. The van der Waals surface area contributed by atoms with Crippen molar-refractivity contribution in [1.82, 2.24) is 0 Å². The molecule has 0 amide bonds. The van der Waals surface area contributed by atoms with E-state index in [1.165, 1.54) is 31.8 Å². The van der Waals surface area contributed by atoms with Gasteiger partial charge in [0.25, 0.3) is 0 Å². The summed E-state index contributed by atoms with van der Waals surface area (Å²) in [6, 6.07) is 11.0. The molecule has 16 heavy (non-hydrogen) atoms. The average Bonchev–Trinajstić information content (AvgIpc) is 2.89. The van der Waals surface area contributed by atoms with Crippen LogP contribution >= 0.6 is 7.92 Å². The highest BCUT2D eigenvalue weighted by atomic mass is 31.1. The molecule has 2 aliphatic rings. The lowest BCUT2D eigenvalue weighted by atomic mass is 10.3. The molecule has 1 heterocycles. The van der Waals surface area contributed by atoms with Crippen molar-refractivity contribution in [1.29, 1.82) is 0 Å². The second-order valence-corrected chi connectivity index (χ2v) is 7.58. The first-order valence-electron chi connectivity index (χ1n) is 6.31. The Morgan fingerprint density at radius 1 is 1.19 bits per heavy atom. The third-order valence-corrected chi connectivity index (χ3v) is 7.14. The zero-order valence-electron chi connectivity index (χ0n) is 9.86. The van der Waals surface area contributed by atoms with Crippen molar-refractivity contribution >= 4 is 13.2 Å². The summed E-state index contributed by atoms with van der Waals surface area (Å²) in [5.41, 5.74) is 0. The van der Waals surface area contributed by atoms with E-state index in [0.29, 0.717) is 6.10 Å². The first-order chi connectivity index (χ1) is 7.80. The fourth-order valence-electron chi connectivity index (χ4n) is 3.16. The largest absolute Gasteiger partial charge is 0.367 e. The summed E-state index contributed by atoms with van der Waals surface area (Å²) >= 11 is 0. The van der Waals surface area contributed by atoms with Gasteiger partial charge in [-0.1, -0.05) is 43.2 Å². The lowest BCUT2D eigenvalue weighted by molar-refractivity contribution is 0.00499. The molecule has 0 radical (unpaired) electrons. The minimum atomic E-state index is -0.0872. The molecule has 2 fully saturated rings. The van der Waals surface area contributed by atoms with Crippen molar-refractivity contribution in [3.8, 4) is 0 Å². The number of ether oxygens (including phenoxy) is 1. The number of rotatable bonds is 1. The summed E-state index contributed by atoms with van der Waals surface area (Å²) in [7, 11) is -0.0872. The monoisotopic (exact) mass is 234 g/mol. The smallest absolute Gasteiger partial charge is 0.0915 e. The van der Waals surface area contributed by atoms with Gasteiger partial charge in [0.1, 0.15) is 0 Å². The fraction of sp³-hybridized carbons (Fsp3) is 0.571. The molecule has 2 heteroatoms. The van der Waals surface area contributed by atoms with Gasteiger partial charge in [0.05, 0.1) is 11.4 Å². The number of benzene rings is 1. The van der Waals surface area contributed by atoms with Gasteiger partial charge in [0.2, 0.25) is 0 Å². The van der Waals surface area contributed by atoms with Gasteiger partial charge in [-0.25, -0.2) is 0 Å². The Kier molecular flexibility index (Phi) is 2.77. The standard InChI is InChI=1S/C14H19OP/c1-12-11-16(13-7-3-2-4-8-13)14(15-12)9-5-6-10-14/h2-4,7-8,12H,5-6,9-11H2,1H3. The summed E-state index contributed by atoms with van der Waals surface area (Å²) in [6.07, 6.45) is 7.02. The van der Waals surface area contributed by atoms with Crippen LogP contribution in [0.1, 0.15) is 32.6 Å². The molecular formula is C14H19OP. The summed E-state index contributed by atoms with van der Waals surface area (Å²) < 4.78 is 6.31. The number of hydrogen-bond donors (Lipinski definition) is 0. The molecule has 2 unspecified atom stereocenters. The van der Waals surface area contributed by atoms with Crippen LogP contribution in [0.4, 0.5) is 0 Å². The molecule has 1 aromatic rings. The highest BCUT2D eigenvalue weighted by molar-refractivity contribution is 7.67. The average molecular weight is 234 g/mol. The van der Waals surface area contributed by atoms with E-state index in [1.807, 2.05) is 0 Å². The van der Waals surface area contributed by atoms with Gasteiger partial charge in [0, 0.05) is 6.16 Å². The Bertz CT molecular complexity index is 356. The van der Waals surface area contributed by atoms with Crippen molar-refractivity contribution in [2.75, 3.05) is 6.16 Å². The van der Waals surface area contributed by atoms with E-state index >= 15 is 0 Å². The molecule has 1 spiro atoms. The second kappa shape index (κ2) is 4.13. The van der Waals surface area contributed by atoms with Crippen LogP contribution < -0.4 is 5.30 Å². The topological polar surface area (TPSA) is 9.23 Å². The van der Waals surface area contributed by atoms with Gasteiger partial charge in [-0.15, -0.1) is 0 Å². The normalized spacial score (nSPS) is 32.3. The zero-order chi connectivity index (χ0) is 11.0. The maximum absolute atomic E-state index is 6.31. The Hall–Kier alpha value is -0.390. The van der Waals surface area contributed by atoms with Crippen LogP contribution in [0.3, 0.4) is 0 Å². The van der Waals surface area contributed by atoms with Gasteiger partial charge in [-0.2, -0.15) is 0 Å². The van der Waals surface area contributed by atoms with Crippen molar-refractivity contribution in [2.24, 2.45) is 0 Å². The molecule has 1 aliphatic heterocycles. The quantitative estimate of drug-likeness (QED) is 0.676. The molecule has 1 saturated carbocycles. The van der Waals surface area contributed by atoms with Gasteiger partial charge in [-0.3, -0.25) is 0 Å². The zero-order valence-corrected chi connectivity index (χ0v) is 10.7. The predicted molar refractivity (Wildman–Crippen MR) is 69.6 cm³/mol. The predicted octanol–water partition coefficient (Wildman–Crippen LogP) is 3.48. The third-order valence-electron chi connectivity index (χ3n) is 3.80. The van der Waals surface area contributed by atoms with Crippen LogP contribution in [0.25, 0.3) is 0 Å². The van der Waals surface area contributed by atoms with Crippen molar-refractivity contribution in [2.45, 2.75) is 44.1 Å². The molecule has 1 saturated heterocycles. The van der Waals surface area contributed by atoms with Crippen LogP contribution in [0.2, 0.25) is 0 Å². The second-order valence-electron chi connectivity index (χ2n) is 5.03. The first kappa shape index (κ1) is 10.7. The van der Waals surface area contributed by atoms with Crippen LogP contribution in [-0.2, 0) is 4.74 Å². The van der Waals surface area contributed by atoms with Crippen molar-refractivity contribution < 1.29 is 4.74 Å². The molecule has 1 aromatic carbocycles. The first-order valence-corrected chi connectivity index (χ1v) is 7.83. The summed E-state index contributed by atoms with van der Waals surface area (Å²) in [4.78, 5) is 0. The van der Waals surface area contributed by atoms with Crippen LogP contribution in [0.15, 0.2) is 30.3 Å². The maximum atomic E-state index is 6.31. The van der Waals surface area contributed by atoms with Crippen LogP contribution in [0, 0.1) is 0 Å². The van der Waals surface area contributed by atoms with E-state index in [0.717, 1.165) is 0 Å². The van der Waals surface area contributed by atoms with Crippen LogP contribution in [0.5, 0.6) is 0 Å². The molecule has 3 rings (SSSR count). The molecule has 2 atom stereocenters. The van der Waals surface area contributed by atoms with Gasteiger partial charge in [-0.05, 0) is 33.0 Å². The Balaban J connectivity index is 1.93. The summed E-state index contributed by atoms with van der Waals surface area (Å²) in [6.45, 7) is 2.24. The van der Waals surface area contributed by atoms with E-state index < -0.39 is 0 Å². The van der Waals surface area contributed by atoms with E-state index in [9.17, 15) is 0 Å². The molecule has 86 valence electrons. The SMILES string of the molecule is CC1CP(c2ccccc2)C2(CCCC2)O1. The van der Waals surface area contributed by atoms with Crippen LogP contribution in [-0.4, -0.2) is 17.6 Å². The molecule has 0 aromatic heterocycles. The molecule has 0 bridgehead atoms. The highest BCUT2D eigenvalue weighted by Gasteiger charge is 2.48. The van der Waals surface area contributed by atoms with Crippen molar-refractivity contribution in [3.05, 3.63) is 30.3 Å². The van der Waals surface area contributed by atoms with Gasteiger partial charge >= 0.3 is 0 Å². The van der Waals surface area contributed by atoms with E-state index in [4.69, 9.17) is 4.74 Å². The lowest BCUT2D eigenvalue weighted by Crippen LogP contribution is -2.25. The Morgan fingerprint density at radius 3 is 2.56 bits per heavy atom. The van der Waals surface area contributed by atoms with E-state index in [-0.39, 0.29) is 13.3 Å². The Morgan fingerprint density at radius 2 is 1.88 bits per heavy atom. The molecule has 1 aliphatic carbocycles. The van der Waals surface area contributed by atoms with E-state index in [1.54, 1.807) is 5.30 Å². The summed E-state index contributed by atoms with van der Waals surface area (Å²) in [5.74, 6) is 0. The lowest BCUT2D eigenvalue weighted by Gasteiger charge is -2.30. The highest BCUT2D eigenvalue weighted by Crippen LogP contribution is 2.62. The molecular weight excluding hydrogens is 215 g/mol.